The van der Waals surface area contributed by atoms with Crippen LogP contribution in [0.3, 0.4) is 0 Å². The second-order valence-corrected chi connectivity index (χ2v) is 8.24. The van der Waals surface area contributed by atoms with Gasteiger partial charge in [0.1, 0.15) is 17.2 Å². The second-order valence-electron chi connectivity index (χ2n) is 7.83. The van der Waals surface area contributed by atoms with Crippen LogP contribution < -0.4 is 5.32 Å². The van der Waals surface area contributed by atoms with E-state index in [9.17, 15) is 22.4 Å². The summed E-state index contributed by atoms with van der Waals surface area (Å²) in [4.78, 5) is 16.3. The van der Waals surface area contributed by atoms with E-state index in [1.807, 2.05) is 12.1 Å². The molecule has 2 heterocycles. The zero-order chi connectivity index (χ0) is 25.4. The number of aromatic nitrogens is 3. The van der Waals surface area contributed by atoms with Crippen LogP contribution in [0.1, 0.15) is 16.1 Å². The van der Waals surface area contributed by atoms with Crippen molar-refractivity contribution < 1.29 is 22.4 Å². The predicted octanol–water partition coefficient (Wildman–Crippen LogP) is 7.15. The van der Waals surface area contributed by atoms with Gasteiger partial charge in [0.25, 0.3) is 5.91 Å². The second kappa shape index (κ2) is 9.09. The summed E-state index contributed by atoms with van der Waals surface area (Å²) in [5.74, 6) is -0.962. The molecule has 0 unspecified atom stereocenters. The molecule has 5 aromatic rings. The lowest BCUT2D eigenvalue weighted by Crippen LogP contribution is -2.13. The van der Waals surface area contributed by atoms with Crippen molar-refractivity contribution in [1.82, 2.24) is 14.8 Å². The summed E-state index contributed by atoms with van der Waals surface area (Å²) in [6.45, 7) is 0. The van der Waals surface area contributed by atoms with Crippen molar-refractivity contribution in [1.29, 1.82) is 0 Å². The molecule has 0 atom stereocenters. The monoisotopic (exact) mass is 510 g/mol. The fourth-order valence-electron chi connectivity index (χ4n) is 3.73. The molecule has 0 spiro atoms. The maximum atomic E-state index is 13.5. The number of hydrogen-bond donors (Lipinski definition) is 1. The lowest BCUT2D eigenvalue weighted by atomic mass is 10.1. The van der Waals surface area contributed by atoms with Gasteiger partial charge in [-0.1, -0.05) is 29.8 Å². The third-order valence-electron chi connectivity index (χ3n) is 5.46. The first-order chi connectivity index (χ1) is 17.2. The van der Waals surface area contributed by atoms with Crippen molar-refractivity contribution in [2.24, 2.45) is 0 Å². The Morgan fingerprint density at radius 3 is 2.36 bits per heavy atom. The number of hydrogen-bond acceptors (Lipinski definition) is 3. The molecule has 0 saturated heterocycles. The highest BCUT2D eigenvalue weighted by Crippen LogP contribution is 2.34. The molecule has 0 aliphatic carbocycles. The molecule has 2 aromatic heterocycles. The largest absolute Gasteiger partial charge is 0.433 e. The van der Waals surface area contributed by atoms with Crippen molar-refractivity contribution >= 4 is 34.1 Å². The molecule has 10 heteroatoms. The minimum absolute atomic E-state index is 0.108. The van der Waals surface area contributed by atoms with Crippen LogP contribution in [-0.2, 0) is 6.18 Å². The van der Waals surface area contributed by atoms with E-state index in [0.29, 0.717) is 32.9 Å². The number of carbonyl (C=O) groups excluding carboxylic acids is 1. The minimum Gasteiger partial charge on any atom is -0.321 e. The lowest BCUT2D eigenvalue weighted by molar-refractivity contribution is -0.141. The van der Waals surface area contributed by atoms with E-state index in [1.54, 1.807) is 47.1 Å². The first-order valence-corrected chi connectivity index (χ1v) is 11.0. The number of amides is 1. The Balaban J connectivity index is 1.57. The molecule has 5 nitrogen and oxygen atoms in total. The van der Waals surface area contributed by atoms with Crippen LogP contribution in [-0.4, -0.2) is 20.7 Å². The summed E-state index contributed by atoms with van der Waals surface area (Å²) in [5.41, 5.74) is 1.64. The van der Waals surface area contributed by atoms with Gasteiger partial charge >= 0.3 is 6.18 Å². The van der Waals surface area contributed by atoms with Gasteiger partial charge in [-0.25, -0.2) is 14.1 Å². The average molecular weight is 511 g/mol. The Labute approximate surface area is 207 Å². The first-order valence-electron chi connectivity index (χ1n) is 10.6. The van der Waals surface area contributed by atoms with Gasteiger partial charge in [0.05, 0.1) is 28.1 Å². The van der Waals surface area contributed by atoms with E-state index in [-0.39, 0.29) is 11.3 Å². The molecule has 180 valence electrons. The summed E-state index contributed by atoms with van der Waals surface area (Å²) < 4.78 is 53.4. The molecule has 0 fully saturated rings. The summed E-state index contributed by atoms with van der Waals surface area (Å²) in [6, 6.07) is 19.7. The summed E-state index contributed by atoms with van der Waals surface area (Å²) in [5, 5.41) is 8.43. The van der Waals surface area contributed by atoms with Crippen molar-refractivity contribution in [3.63, 3.8) is 0 Å². The molecule has 3 aromatic carbocycles. The third kappa shape index (κ3) is 4.52. The number of alkyl halides is 3. The molecule has 1 amide bonds. The maximum absolute atomic E-state index is 13.5. The van der Waals surface area contributed by atoms with Gasteiger partial charge in [0, 0.05) is 16.5 Å². The van der Waals surface area contributed by atoms with Crippen LogP contribution >= 0.6 is 11.6 Å². The molecule has 0 aliphatic rings. The van der Waals surface area contributed by atoms with Crippen LogP contribution in [0.2, 0.25) is 5.02 Å². The van der Waals surface area contributed by atoms with Gasteiger partial charge in [0.2, 0.25) is 0 Å². The molecule has 0 saturated carbocycles. The van der Waals surface area contributed by atoms with Crippen molar-refractivity contribution in [3.8, 4) is 16.9 Å². The molecule has 0 bridgehead atoms. The van der Waals surface area contributed by atoms with Crippen LogP contribution in [0, 0.1) is 5.82 Å². The molecule has 0 aliphatic heterocycles. The number of halogens is 5. The molecule has 1 N–H and O–H groups in total. The number of benzene rings is 3. The van der Waals surface area contributed by atoms with E-state index in [4.69, 9.17) is 16.7 Å². The number of carbonyl (C=O) groups is 1. The summed E-state index contributed by atoms with van der Waals surface area (Å²) in [7, 11) is 0. The van der Waals surface area contributed by atoms with Gasteiger partial charge in [0.15, 0.2) is 0 Å². The minimum atomic E-state index is -4.58. The van der Waals surface area contributed by atoms with E-state index in [2.05, 4.69) is 10.3 Å². The Morgan fingerprint density at radius 2 is 1.69 bits per heavy atom. The van der Waals surface area contributed by atoms with Crippen molar-refractivity contribution in [2.75, 3.05) is 5.32 Å². The zero-order valence-corrected chi connectivity index (χ0v) is 19.0. The fraction of sp³-hybridized carbons (Fsp3) is 0.0385. The number of nitrogens with one attached hydrogen (secondary N) is 1. The van der Waals surface area contributed by atoms with Gasteiger partial charge in [-0.15, -0.1) is 0 Å². The number of nitrogens with zero attached hydrogens (tertiary/aromatic N) is 3. The van der Waals surface area contributed by atoms with Gasteiger partial charge in [-0.3, -0.25) is 4.79 Å². The Bertz CT molecular complexity index is 1580. The molecule has 36 heavy (non-hydrogen) atoms. The average Bonchev–Trinajstić information content (AvgIpc) is 3.23. The summed E-state index contributed by atoms with van der Waals surface area (Å²) in [6.07, 6.45) is -3.64. The maximum Gasteiger partial charge on any atom is 0.433 e. The van der Waals surface area contributed by atoms with Gasteiger partial charge in [-0.05, 0) is 60.7 Å². The Hall–Kier alpha value is -4.24. The number of anilines is 1. The number of rotatable bonds is 4. The van der Waals surface area contributed by atoms with Crippen molar-refractivity contribution in [3.05, 3.63) is 107 Å². The number of pyridine rings is 1. The van der Waals surface area contributed by atoms with Crippen LogP contribution in [0.15, 0.2) is 85.1 Å². The first kappa shape index (κ1) is 23.5. The smallest absolute Gasteiger partial charge is 0.321 e. The lowest BCUT2D eigenvalue weighted by Gasteiger charge is -2.09. The highest BCUT2D eigenvalue weighted by atomic mass is 35.5. The van der Waals surface area contributed by atoms with Crippen molar-refractivity contribution in [2.45, 2.75) is 6.18 Å². The molecular formula is C26H15ClF4N4O. The predicted molar refractivity (Wildman–Crippen MR) is 129 cm³/mol. The topological polar surface area (TPSA) is 59.8 Å². The van der Waals surface area contributed by atoms with E-state index >= 15 is 0 Å². The third-order valence-corrected chi connectivity index (χ3v) is 5.78. The van der Waals surface area contributed by atoms with Crippen LogP contribution in [0.4, 0.5) is 23.2 Å². The van der Waals surface area contributed by atoms with E-state index in [1.165, 1.54) is 12.1 Å². The zero-order valence-electron chi connectivity index (χ0n) is 18.2. The SMILES string of the molecule is O=C(Nc1ccc(C(F)(F)F)nc1)c1ccc2c(-c3ccccc3Cl)nn(-c3ccc(F)cc3)c2c1. The van der Waals surface area contributed by atoms with Gasteiger partial charge in [-0.2, -0.15) is 18.3 Å². The highest BCUT2D eigenvalue weighted by Gasteiger charge is 2.32. The fourth-order valence-corrected chi connectivity index (χ4v) is 3.95. The number of fused-ring (bicyclic) bond motifs is 1. The van der Waals surface area contributed by atoms with E-state index < -0.39 is 23.6 Å². The summed E-state index contributed by atoms with van der Waals surface area (Å²) >= 11 is 6.41. The van der Waals surface area contributed by atoms with E-state index in [0.717, 1.165) is 18.3 Å². The molecule has 0 radical (unpaired) electrons. The van der Waals surface area contributed by atoms with Crippen LogP contribution in [0.25, 0.3) is 27.8 Å². The van der Waals surface area contributed by atoms with Gasteiger partial charge < -0.3 is 5.32 Å². The highest BCUT2D eigenvalue weighted by molar-refractivity contribution is 6.33. The van der Waals surface area contributed by atoms with Crippen LogP contribution in [0.5, 0.6) is 0 Å². The molecular weight excluding hydrogens is 496 g/mol. The normalized spacial score (nSPS) is 11.6. The Kier molecular flexibility index (Phi) is 5.93. The molecule has 5 rings (SSSR count). The quantitative estimate of drug-likeness (QED) is 0.261. The Morgan fingerprint density at radius 1 is 0.944 bits per heavy atom. The standard InChI is InChI=1S/C26H15ClF4N4O/c27-21-4-2-1-3-19(21)24-20-11-5-15(13-22(20)35(34-24)18-9-6-16(28)7-10-18)25(36)33-17-8-12-23(32-14-17)26(29,30)31/h1-14H,(H,33,36).